The van der Waals surface area contributed by atoms with Crippen LogP contribution in [-0.4, -0.2) is 55.6 Å². The van der Waals surface area contributed by atoms with Crippen LogP contribution >= 0.6 is 0 Å². The highest BCUT2D eigenvalue weighted by Gasteiger charge is 2.31. The summed E-state index contributed by atoms with van der Waals surface area (Å²) in [6.07, 6.45) is 2.88. The Balaban J connectivity index is 1.72. The fourth-order valence-corrected chi connectivity index (χ4v) is 4.90. The van der Waals surface area contributed by atoms with Gasteiger partial charge in [-0.25, -0.2) is 21.6 Å². The Labute approximate surface area is 189 Å². The molecule has 33 heavy (non-hydrogen) atoms. The lowest BCUT2D eigenvalue weighted by molar-refractivity contribution is -0.116. The average Bonchev–Trinajstić information content (AvgIpc) is 3.30. The number of hydrogen-bond donors (Lipinski definition) is 1. The SMILES string of the molecule is CCCN(CC(=O)Nc1ccc(F)c(F)c1F)C(=O)c1ccc(S(=O)(=O)N2CCCCC2)o1. The zero-order valence-corrected chi connectivity index (χ0v) is 18.8. The van der Waals surface area contributed by atoms with Gasteiger partial charge in [0.25, 0.3) is 15.9 Å². The molecule has 0 aliphatic carbocycles. The van der Waals surface area contributed by atoms with Crippen molar-refractivity contribution >= 4 is 27.5 Å². The number of halogens is 3. The Bertz CT molecular complexity index is 1130. The highest BCUT2D eigenvalue weighted by atomic mass is 32.2. The largest absolute Gasteiger partial charge is 0.438 e. The number of amides is 2. The zero-order chi connectivity index (χ0) is 24.2. The molecule has 180 valence electrons. The van der Waals surface area contributed by atoms with Gasteiger partial charge in [0.05, 0.1) is 5.69 Å². The second-order valence-electron chi connectivity index (χ2n) is 7.58. The molecule has 1 aromatic heterocycles. The predicted molar refractivity (Wildman–Crippen MR) is 112 cm³/mol. The molecule has 1 fully saturated rings. The van der Waals surface area contributed by atoms with Gasteiger partial charge in [-0.3, -0.25) is 9.59 Å². The van der Waals surface area contributed by atoms with E-state index >= 15 is 0 Å². The lowest BCUT2D eigenvalue weighted by Crippen LogP contribution is -2.38. The highest BCUT2D eigenvalue weighted by molar-refractivity contribution is 7.89. The minimum absolute atomic E-state index is 0.113. The standard InChI is InChI=1S/C21H24F3N3O5S/c1-2-10-26(13-17(28)25-15-7-6-14(22)19(23)20(15)24)21(29)16-8-9-18(32-16)33(30,31)27-11-4-3-5-12-27/h6-9H,2-5,10-13H2,1H3,(H,25,28). The summed E-state index contributed by atoms with van der Waals surface area (Å²) in [6, 6.07) is 3.94. The molecule has 0 bridgehead atoms. The summed E-state index contributed by atoms with van der Waals surface area (Å²) in [6.45, 7) is 2.06. The van der Waals surface area contributed by atoms with Crippen molar-refractivity contribution in [2.75, 3.05) is 31.5 Å². The summed E-state index contributed by atoms with van der Waals surface area (Å²) in [5, 5.41) is 1.73. The molecule has 1 aliphatic rings. The van der Waals surface area contributed by atoms with Gasteiger partial charge < -0.3 is 14.6 Å². The number of sulfonamides is 1. The van der Waals surface area contributed by atoms with Crippen LogP contribution in [0.25, 0.3) is 0 Å². The smallest absolute Gasteiger partial charge is 0.290 e. The van der Waals surface area contributed by atoms with E-state index in [-0.39, 0.29) is 17.4 Å². The maximum atomic E-state index is 13.8. The van der Waals surface area contributed by atoms with E-state index in [2.05, 4.69) is 5.32 Å². The number of benzene rings is 1. The van der Waals surface area contributed by atoms with E-state index in [0.29, 0.717) is 25.6 Å². The number of piperidine rings is 1. The van der Waals surface area contributed by atoms with Crippen LogP contribution in [0.15, 0.2) is 33.8 Å². The first-order chi connectivity index (χ1) is 15.6. The fraction of sp³-hybridized carbons (Fsp3) is 0.429. The minimum Gasteiger partial charge on any atom is -0.438 e. The van der Waals surface area contributed by atoms with Gasteiger partial charge in [-0.15, -0.1) is 0 Å². The Morgan fingerprint density at radius 3 is 2.42 bits per heavy atom. The molecule has 0 unspecified atom stereocenters. The van der Waals surface area contributed by atoms with Crippen molar-refractivity contribution < 1.29 is 35.6 Å². The molecular formula is C21H24F3N3O5S. The molecule has 2 aromatic rings. The van der Waals surface area contributed by atoms with Crippen molar-refractivity contribution in [1.29, 1.82) is 0 Å². The molecule has 0 saturated carbocycles. The summed E-state index contributed by atoms with van der Waals surface area (Å²) in [7, 11) is -3.88. The molecule has 3 rings (SSSR count). The highest BCUT2D eigenvalue weighted by Crippen LogP contribution is 2.23. The van der Waals surface area contributed by atoms with E-state index in [1.165, 1.54) is 16.4 Å². The van der Waals surface area contributed by atoms with Gasteiger partial charge in [-0.1, -0.05) is 13.3 Å². The first-order valence-corrected chi connectivity index (χ1v) is 11.9. The van der Waals surface area contributed by atoms with E-state index in [9.17, 15) is 31.2 Å². The maximum Gasteiger partial charge on any atom is 0.290 e. The number of rotatable bonds is 8. The normalized spacial score (nSPS) is 14.8. The minimum atomic E-state index is -3.88. The number of nitrogens with zero attached hydrogens (tertiary/aromatic N) is 2. The Morgan fingerprint density at radius 2 is 1.76 bits per heavy atom. The molecule has 1 aromatic carbocycles. The third-order valence-corrected chi connectivity index (χ3v) is 6.90. The lowest BCUT2D eigenvalue weighted by Gasteiger charge is -2.24. The van der Waals surface area contributed by atoms with Crippen LogP contribution in [0.5, 0.6) is 0 Å². The second kappa shape index (κ2) is 10.4. The molecule has 2 amide bonds. The number of furan rings is 1. The summed E-state index contributed by atoms with van der Waals surface area (Å²) < 4.78 is 72.4. The molecule has 1 saturated heterocycles. The van der Waals surface area contributed by atoms with Gasteiger partial charge in [0.15, 0.2) is 23.2 Å². The van der Waals surface area contributed by atoms with E-state index in [4.69, 9.17) is 4.42 Å². The van der Waals surface area contributed by atoms with Gasteiger partial charge in [-0.05, 0) is 43.5 Å². The van der Waals surface area contributed by atoms with Gasteiger partial charge in [0.1, 0.15) is 6.54 Å². The monoisotopic (exact) mass is 487 g/mol. The lowest BCUT2D eigenvalue weighted by atomic mass is 10.2. The van der Waals surface area contributed by atoms with E-state index < -0.39 is 51.5 Å². The van der Waals surface area contributed by atoms with Crippen LogP contribution in [0.1, 0.15) is 43.2 Å². The van der Waals surface area contributed by atoms with Crippen LogP contribution < -0.4 is 5.32 Å². The van der Waals surface area contributed by atoms with E-state index in [1.807, 2.05) is 0 Å². The molecule has 8 nitrogen and oxygen atoms in total. The van der Waals surface area contributed by atoms with Crippen LogP contribution in [-0.2, 0) is 14.8 Å². The quantitative estimate of drug-likeness (QED) is 0.576. The number of nitrogens with one attached hydrogen (secondary N) is 1. The van der Waals surface area contributed by atoms with Gasteiger partial charge in [-0.2, -0.15) is 4.31 Å². The third kappa shape index (κ3) is 5.56. The first-order valence-electron chi connectivity index (χ1n) is 10.5. The van der Waals surface area contributed by atoms with E-state index in [0.717, 1.165) is 30.2 Å². The molecule has 1 aliphatic heterocycles. The van der Waals surface area contributed by atoms with E-state index in [1.54, 1.807) is 6.92 Å². The zero-order valence-electron chi connectivity index (χ0n) is 17.9. The number of anilines is 1. The van der Waals surface area contributed by atoms with Crippen molar-refractivity contribution in [2.24, 2.45) is 0 Å². The predicted octanol–water partition coefficient (Wildman–Crippen LogP) is 3.36. The molecule has 1 N–H and O–H groups in total. The summed E-state index contributed by atoms with van der Waals surface area (Å²) in [5.74, 6) is -6.55. The molecular weight excluding hydrogens is 463 g/mol. The molecule has 2 heterocycles. The number of carbonyl (C=O) groups excluding carboxylic acids is 2. The Kier molecular flexibility index (Phi) is 7.80. The van der Waals surface area contributed by atoms with Crippen molar-refractivity contribution in [3.05, 3.63) is 47.5 Å². The van der Waals surface area contributed by atoms with Crippen molar-refractivity contribution in [3.8, 4) is 0 Å². The molecule has 0 radical (unpaired) electrons. The van der Waals surface area contributed by atoms with Gasteiger partial charge >= 0.3 is 0 Å². The van der Waals surface area contributed by atoms with Crippen molar-refractivity contribution in [1.82, 2.24) is 9.21 Å². The molecule has 0 spiro atoms. The Morgan fingerprint density at radius 1 is 1.06 bits per heavy atom. The van der Waals surface area contributed by atoms with Crippen LogP contribution in [0.4, 0.5) is 18.9 Å². The second-order valence-corrected chi connectivity index (χ2v) is 9.45. The first kappa shape index (κ1) is 24.8. The van der Waals surface area contributed by atoms with Crippen LogP contribution in [0.2, 0.25) is 0 Å². The van der Waals surface area contributed by atoms with Crippen molar-refractivity contribution in [2.45, 2.75) is 37.7 Å². The third-order valence-electron chi connectivity index (χ3n) is 5.13. The van der Waals surface area contributed by atoms with Crippen LogP contribution in [0, 0.1) is 17.5 Å². The number of hydrogen-bond acceptors (Lipinski definition) is 5. The summed E-state index contributed by atoms with van der Waals surface area (Å²) in [5.41, 5.74) is -0.573. The summed E-state index contributed by atoms with van der Waals surface area (Å²) in [4.78, 5) is 26.3. The van der Waals surface area contributed by atoms with Crippen molar-refractivity contribution in [3.63, 3.8) is 0 Å². The molecule has 12 heteroatoms. The fourth-order valence-electron chi connectivity index (χ4n) is 3.47. The van der Waals surface area contributed by atoms with Gasteiger partial charge in [0.2, 0.25) is 11.0 Å². The topological polar surface area (TPSA) is 99.9 Å². The Hall–Kier alpha value is -2.86. The summed E-state index contributed by atoms with van der Waals surface area (Å²) >= 11 is 0. The van der Waals surface area contributed by atoms with Gasteiger partial charge in [0, 0.05) is 19.6 Å². The number of carbonyl (C=O) groups is 2. The molecule has 0 atom stereocenters. The maximum absolute atomic E-state index is 13.8. The average molecular weight is 488 g/mol. The van der Waals surface area contributed by atoms with Crippen LogP contribution in [0.3, 0.4) is 0 Å².